The van der Waals surface area contributed by atoms with Crippen LogP contribution >= 0.6 is 0 Å². The number of hydrogen-bond donors (Lipinski definition) is 1. The molecular weight excluding hydrogens is 346 g/mol. The highest BCUT2D eigenvalue weighted by Crippen LogP contribution is 2.22. The first kappa shape index (κ1) is 19.0. The molecule has 28 heavy (non-hydrogen) atoms. The van der Waals surface area contributed by atoms with Crippen LogP contribution in [-0.4, -0.2) is 37.0 Å². The zero-order valence-corrected chi connectivity index (χ0v) is 16.9. The smallest absolute Gasteiger partial charge is 0.255 e. The molecule has 0 aliphatic carbocycles. The van der Waals surface area contributed by atoms with Crippen molar-refractivity contribution in [3.05, 3.63) is 59.7 Å². The maximum Gasteiger partial charge on any atom is 0.255 e. The Bertz CT molecular complexity index is 779. The summed E-state index contributed by atoms with van der Waals surface area (Å²) in [5.74, 6) is 0.739. The van der Waals surface area contributed by atoms with Crippen molar-refractivity contribution >= 4 is 17.3 Å². The molecule has 2 heterocycles. The van der Waals surface area contributed by atoms with Gasteiger partial charge in [-0.2, -0.15) is 0 Å². The molecule has 0 spiro atoms. The van der Waals surface area contributed by atoms with Crippen LogP contribution in [0.2, 0.25) is 0 Å². The van der Waals surface area contributed by atoms with Gasteiger partial charge in [-0.3, -0.25) is 9.69 Å². The molecule has 0 bridgehead atoms. The second-order valence-electron chi connectivity index (χ2n) is 8.37. The van der Waals surface area contributed by atoms with E-state index in [1.165, 1.54) is 50.0 Å². The van der Waals surface area contributed by atoms with Gasteiger partial charge in [-0.05, 0) is 80.1 Å². The van der Waals surface area contributed by atoms with Crippen molar-refractivity contribution < 1.29 is 4.79 Å². The second-order valence-corrected chi connectivity index (χ2v) is 8.37. The maximum absolute atomic E-state index is 12.6. The third-order valence-electron chi connectivity index (χ3n) is 5.96. The Kier molecular flexibility index (Phi) is 5.96. The molecule has 1 amide bonds. The third-order valence-corrected chi connectivity index (χ3v) is 5.96. The van der Waals surface area contributed by atoms with E-state index in [2.05, 4.69) is 46.3 Å². The van der Waals surface area contributed by atoms with Crippen molar-refractivity contribution in [1.29, 1.82) is 0 Å². The second kappa shape index (κ2) is 8.78. The molecule has 2 aromatic carbocycles. The van der Waals surface area contributed by atoms with Crippen LogP contribution in [0.25, 0.3) is 0 Å². The number of amides is 1. The fraction of sp³-hybridized carbons (Fsp3) is 0.458. The third kappa shape index (κ3) is 4.74. The summed E-state index contributed by atoms with van der Waals surface area (Å²) in [5, 5.41) is 3.01. The SMILES string of the molecule is C[C@@H]1CCCN(Cc2ccc(C(=O)Nc3ccc(N4CCCC4)cc3)cc2)C1. The van der Waals surface area contributed by atoms with E-state index in [1.54, 1.807) is 0 Å². The quantitative estimate of drug-likeness (QED) is 0.815. The predicted molar refractivity (Wildman–Crippen MR) is 116 cm³/mol. The maximum atomic E-state index is 12.6. The van der Waals surface area contributed by atoms with Crippen LogP contribution in [0.5, 0.6) is 0 Å². The lowest BCUT2D eigenvalue weighted by molar-refractivity contribution is 0.102. The van der Waals surface area contributed by atoms with E-state index in [0.29, 0.717) is 5.56 Å². The highest BCUT2D eigenvalue weighted by Gasteiger charge is 2.16. The van der Waals surface area contributed by atoms with Crippen LogP contribution in [0.3, 0.4) is 0 Å². The van der Waals surface area contributed by atoms with Crippen LogP contribution in [0.4, 0.5) is 11.4 Å². The molecule has 0 radical (unpaired) electrons. The number of piperidine rings is 1. The average Bonchev–Trinajstić information content (AvgIpc) is 3.24. The summed E-state index contributed by atoms with van der Waals surface area (Å²) in [6.07, 6.45) is 5.17. The van der Waals surface area contributed by atoms with E-state index in [0.717, 1.165) is 31.2 Å². The first-order valence-corrected chi connectivity index (χ1v) is 10.6. The number of carbonyl (C=O) groups is 1. The fourth-order valence-electron chi connectivity index (χ4n) is 4.38. The number of benzene rings is 2. The lowest BCUT2D eigenvalue weighted by atomic mass is 9.99. The average molecular weight is 378 g/mol. The van der Waals surface area contributed by atoms with Crippen molar-refractivity contribution in [2.45, 2.75) is 39.2 Å². The fourth-order valence-corrected chi connectivity index (χ4v) is 4.38. The molecule has 2 aliphatic rings. The molecule has 1 N–H and O–H groups in total. The first-order chi connectivity index (χ1) is 13.7. The lowest BCUT2D eigenvalue weighted by Crippen LogP contribution is -2.33. The number of nitrogens with zero attached hydrogens (tertiary/aromatic N) is 2. The Morgan fingerprint density at radius 2 is 1.68 bits per heavy atom. The summed E-state index contributed by atoms with van der Waals surface area (Å²) in [4.78, 5) is 17.5. The minimum Gasteiger partial charge on any atom is -0.372 e. The molecule has 2 aromatic rings. The molecule has 1 atom stereocenters. The molecule has 0 unspecified atom stereocenters. The zero-order chi connectivity index (χ0) is 19.3. The van der Waals surface area contributed by atoms with Gasteiger partial charge in [-0.1, -0.05) is 19.1 Å². The predicted octanol–water partition coefficient (Wildman–Crippen LogP) is 4.77. The Morgan fingerprint density at radius 3 is 2.36 bits per heavy atom. The summed E-state index contributed by atoms with van der Waals surface area (Å²) in [5.41, 5.74) is 4.08. The molecule has 2 fully saturated rings. The largest absolute Gasteiger partial charge is 0.372 e. The highest BCUT2D eigenvalue weighted by atomic mass is 16.1. The summed E-state index contributed by atoms with van der Waals surface area (Å²) in [6, 6.07) is 16.3. The van der Waals surface area contributed by atoms with Gasteiger partial charge in [0.05, 0.1) is 0 Å². The lowest BCUT2D eigenvalue weighted by Gasteiger charge is -2.30. The van der Waals surface area contributed by atoms with E-state index >= 15 is 0 Å². The Hall–Kier alpha value is -2.33. The van der Waals surface area contributed by atoms with E-state index in [1.807, 2.05) is 24.3 Å². The van der Waals surface area contributed by atoms with Gasteiger partial charge in [-0.15, -0.1) is 0 Å². The summed E-state index contributed by atoms with van der Waals surface area (Å²) >= 11 is 0. The van der Waals surface area contributed by atoms with Crippen LogP contribution in [0, 0.1) is 5.92 Å². The van der Waals surface area contributed by atoms with Crippen LogP contribution < -0.4 is 10.2 Å². The van der Waals surface area contributed by atoms with Gasteiger partial charge >= 0.3 is 0 Å². The van der Waals surface area contributed by atoms with Crippen molar-refractivity contribution in [2.75, 3.05) is 36.4 Å². The van der Waals surface area contributed by atoms with Gasteiger partial charge in [-0.25, -0.2) is 0 Å². The summed E-state index contributed by atoms with van der Waals surface area (Å²) in [6.45, 7) is 7.93. The number of carbonyl (C=O) groups excluding carboxylic acids is 1. The van der Waals surface area contributed by atoms with Gasteiger partial charge in [0.2, 0.25) is 0 Å². The molecule has 148 valence electrons. The number of nitrogens with one attached hydrogen (secondary N) is 1. The van der Waals surface area contributed by atoms with Crippen molar-refractivity contribution in [3.8, 4) is 0 Å². The highest BCUT2D eigenvalue weighted by molar-refractivity contribution is 6.04. The zero-order valence-electron chi connectivity index (χ0n) is 16.9. The van der Waals surface area contributed by atoms with Gasteiger partial charge in [0.1, 0.15) is 0 Å². The van der Waals surface area contributed by atoms with Gasteiger partial charge in [0, 0.05) is 43.1 Å². The van der Waals surface area contributed by atoms with E-state index in [9.17, 15) is 4.79 Å². The van der Waals surface area contributed by atoms with Gasteiger partial charge < -0.3 is 10.2 Å². The number of rotatable bonds is 5. The Balaban J connectivity index is 1.33. The number of anilines is 2. The standard InChI is InChI=1S/C24H31N3O/c1-19-5-4-14-26(17-19)18-20-6-8-21(9-7-20)24(28)25-22-10-12-23(13-11-22)27-15-2-3-16-27/h6-13,19H,2-5,14-18H2,1H3,(H,25,28)/t19-/m1/s1. The van der Waals surface area contributed by atoms with Gasteiger partial charge in [0.15, 0.2) is 0 Å². The molecular formula is C24H31N3O. The molecule has 0 aromatic heterocycles. The van der Waals surface area contributed by atoms with E-state index in [4.69, 9.17) is 0 Å². The number of hydrogen-bond acceptors (Lipinski definition) is 3. The van der Waals surface area contributed by atoms with Gasteiger partial charge in [0.25, 0.3) is 5.91 Å². The van der Waals surface area contributed by atoms with Crippen LogP contribution in [0.1, 0.15) is 48.5 Å². The number of likely N-dealkylation sites (tertiary alicyclic amines) is 1. The molecule has 0 saturated carbocycles. The summed E-state index contributed by atoms with van der Waals surface area (Å²) in [7, 11) is 0. The first-order valence-electron chi connectivity index (χ1n) is 10.6. The summed E-state index contributed by atoms with van der Waals surface area (Å²) < 4.78 is 0. The Labute approximate surface area is 168 Å². The van der Waals surface area contributed by atoms with Crippen molar-refractivity contribution in [3.63, 3.8) is 0 Å². The molecule has 4 heteroatoms. The van der Waals surface area contributed by atoms with Crippen LogP contribution in [-0.2, 0) is 6.54 Å². The minimum absolute atomic E-state index is 0.0490. The minimum atomic E-state index is -0.0490. The molecule has 2 saturated heterocycles. The molecule has 4 nitrogen and oxygen atoms in total. The van der Waals surface area contributed by atoms with Crippen molar-refractivity contribution in [1.82, 2.24) is 4.90 Å². The van der Waals surface area contributed by atoms with E-state index in [-0.39, 0.29) is 5.91 Å². The topological polar surface area (TPSA) is 35.6 Å². The van der Waals surface area contributed by atoms with Crippen LogP contribution in [0.15, 0.2) is 48.5 Å². The van der Waals surface area contributed by atoms with Crippen molar-refractivity contribution in [2.24, 2.45) is 5.92 Å². The normalized spacial score (nSPS) is 20.3. The molecule has 4 rings (SSSR count). The Morgan fingerprint density at radius 1 is 0.964 bits per heavy atom. The van der Waals surface area contributed by atoms with E-state index < -0.39 is 0 Å². The molecule has 2 aliphatic heterocycles. The monoisotopic (exact) mass is 377 g/mol.